The molecule has 0 aliphatic carbocycles. The summed E-state index contributed by atoms with van der Waals surface area (Å²) in [6.45, 7) is 6.01. The third-order valence-electron chi connectivity index (χ3n) is 4.06. The molecular weight excluding hydrogens is 286 g/mol. The van der Waals surface area contributed by atoms with E-state index in [0.29, 0.717) is 24.7 Å². The Bertz CT molecular complexity index is 596. The quantitative estimate of drug-likeness (QED) is 0.915. The number of hydrogen-bond donors (Lipinski definition) is 1. The fourth-order valence-corrected chi connectivity index (χ4v) is 2.34. The van der Waals surface area contributed by atoms with E-state index < -0.39 is 17.4 Å². The molecular formula is C16H21NO5. The van der Waals surface area contributed by atoms with Gasteiger partial charge in [-0.05, 0) is 38.5 Å². The lowest BCUT2D eigenvalue weighted by molar-refractivity contribution is -0.150. The van der Waals surface area contributed by atoms with Gasteiger partial charge in [0.25, 0.3) is 0 Å². The SMILES string of the molecule is CC(C(=O)O)N(C)C(=O)C(C)(C)c1ccc2c(c1)OCCO2. The van der Waals surface area contributed by atoms with Crippen LogP contribution in [0.3, 0.4) is 0 Å². The molecule has 1 aromatic carbocycles. The molecule has 0 saturated carbocycles. The average Bonchev–Trinajstić information content (AvgIpc) is 2.51. The van der Waals surface area contributed by atoms with Gasteiger partial charge in [-0.1, -0.05) is 6.07 Å². The number of carbonyl (C=O) groups excluding carboxylic acids is 1. The van der Waals surface area contributed by atoms with Gasteiger partial charge in [-0.25, -0.2) is 4.79 Å². The second-order valence-electron chi connectivity index (χ2n) is 5.91. The molecule has 6 nitrogen and oxygen atoms in total. The minimum Gasteiger partial charge on any atom is -0.486 e. The summed E-state index contributed by atoms with van der Waals surface area (Å²) in [6.07, 6.45) is 0. The first-order chi connectivity index (χ1) is 10.2. The molecule has 1 heterocycles. The van der Waals surface area contributed by atoms with E-state index in [4.69, 9.17) is 14.6 Å². The Balaban J connectivity index is 2.29. The van der Waals surface area contributed by atoms with Crippen molar-refractivity contribution in [3.05, 3.63) is 23.8 Å². The second-order valence-corrected chi connectivity index (χ2v) is 5.91. The highest BCUT2D eigenvalue weighted by molar-refractivity contribution is 5.90. The molecule has 1 N–H and O–H groups in total. The van der Waals surface area contributed by atoms with Crippen molar-refractivity contribution in [1.82, 2.24) is 4.90 Å². The van der Waals surface area contributed by atoms with Crippen LogP contribution in [0, 0.1) is 0 Å². The van der Waals surface area contributed by atoms with Gasteiger partial charge < -0.3 is 19.5 Å². The maximum atomic E-state index is 12.7. The normalized spacial score (nSPS) is 15.1. The first kappa shape index (κ1) is 16.1. The van der Waals surface area contributed by atoms with Crippen molar-refractivity contribution in [3.63, 3.8) is 0 Å². The maximum absolute atomic E-state index is 12.7. The average molecular weight is 307 g/mol. The van der Waals surface area contributed by atoms with Crippen LogP contribution < -0.4 is 9.47 Å². The van der Waals surface area contributed by atoms with E-state index >= 15 is 0 Å². The van der Waals surface area contributed by atoms with Crippen LogP contribution in [-0.2, 0) is 15.0 Å². The molecule has 0 fully saturated rings. The van der Waals surface area contributed by atoms with E-state index in [9.17, 15) is 9.59 Å². The highest BCUT2D eigenvalue weighted by Gasteiger charge is 2.36. The maximum Gasteiger partial charge on any atom is 0.326 e. The van der Waals surface area contributed by atoms with Crippen LogP contribution in [0.4, 0.5) is 0 Å². The lowest BCUT2D eigenvalue weighted by Gasteiger charge is -2.32. The van der Waals surface area contributed by atoms with E-state index in [0.717, 1.165) is 5.56 Å². The van der Waals surface area contributed by atoms with Gasteiger partial charge in [0.15, 0.2) is 11.5 Å². The van der Waals surface area contributed by atoms with Crippen molar-refractivity contribution in [2.75, 3.05) is 20.3 Å². The predicted molar refractivity (Wildman–Crippen MR) is 80.3 cm³/mol. The van der Waals surface area contributed by atoms with Crippen LogP contribution in [0.2, 0.25) is 0 Å². The van der Waals surface area contributed by atoms with Crippen LogP contribution in [-0.4, -0.2) is 48.2 Å². The third kappa shape index (κ3) is 2.86. The van der Waals surface area contributed by atoms with E-state index in [2.05, 4.69) is 0 Å². The van der Waals surface area contributed by atoms with Gasteiger partial charge >= 0.3 is 5.97 Å². The predicted octanol–water partition coefficient (Wildman–Crippen LogP) is 1.67. The molecule has 0 radical (unpaired) electrons. The largest absolute Gasteiger partial charge is 0.486 e. The van der Waals surface area contributed by atoms with Crippen LogP contribution in [0.15, 0.2) is 18.2 Å². The van der Waals surface area contributed by atoms with Gasteiger partial charge in [0.05, 0.1) is 5.41 Å². The molecule has 1 amide bonds. The number of fused-ring (bicyclic) bond motifs is 1. The monoisotopic (exact) mass is 307 g/mol. The number of rotatable bonds is 4. The zero-order valence-electron chi connectivity index (χ0n) is 13.3. The third-order valence-corrected chi connectivity index (χ3v) is 4.06. The van der Waals surface area contributed by atoms with Gasteiger partial charge in [0, 0.05) is 7.05 Å². The van der Waals surface area contributed by atoms with Crippen LogP contribution in [0.1, 0.15) is 26.3 Å². The molecule has 1 unspecified atom stereocenters. The Morgan fingerprint density at radius 1 is 1.23 bits per heavy atom. The Morgan fingerprint density at radius 3 is 2.41 bits per heavy atom. The van der Waals surface area contributed by atoms with Crippen molar-refractivity contribution in [3.8, 4) is 11.5 Å². The van der Waals surface area contributed by atoms with Crippen molar-refractivity contribution < 1.29 is 24.2 Å². The first-order valence-corrected chi connectivity index (χ1v) is 7.15. The zero-order chi connectivity index (χ0) is 16.5. The van der Waals surface area contributed by atoms with Crippen molar-refractivity contribution >= 4 is 11.9 Å². The fourth-order valence-electron chi connectivity index (χ4n) is 2.34. The molecule has 2 rings (SSSR count). The smallest absolute Gasteiger partial charge is 0.326 e. The summed E-state index contributed by atoms with van der Waals surface area (Å²) in [4.78, 5) is 25.0. The van der Waals surface area contributed by atoms with Gasteiger partial charge in [0.2, 0.25) is 5.91 Å². The Kier molecular flexibility index (Phi) is 4.30. The highest BCUT2D eigenvalue weighted by atomic mass is 16.6. The first-order valence-electron chi connectivity index (χ1n) is 7.15. The van der Waals surface area contributed by atoms with Gasteiger partial charge in [0.1, 0.15) is 19.3 Å². The number of carboxylic acids is 1. The summed E-state index contributed by atoms with van der Waals surface area (Å²) in [6, 6.07) is 4.49. The number of likely N-dealkylation sites (N-methyl/N-ethyl adjacent to an activating group) is 1. The molecule has 0 bridgehead atoms. The van der Waals surface area contributed by atoms with Crippen LogP contribution in [0.25, 0.3) is 0 Å². The number of ether oxygens (including phenoxy) is 2. The molecule has 1 aliphatic heterocycles. The van der Waals surface area contributed by atoms with E-state index in [-0.39, 0.29) is 5.91 Å². The molecule has 0 aromatic heterocycles. The summed E-state index contributed by atoms with van der Waals surface area (Å²) < 4.78 is 11.0. The number of carboxylic acid groups (broad SMARTS) is 1. The summed E-state index contributed by atoms with van der Waals surface area (Å²) in [7, 11) is 1.50. The zero-order valence-corrected chi connectivity index (χ0v) is 13.3. The van der Waals surface area contributed by atoms with Crippen molar-refractivity contribution in [2.45, 2.75) is 32.2 Å². The van der Waals surface area contributed by atoms with E-state index in [1.165, 1.54) is 18.9 Å². The topological polar surface area (TPSA) is 76.1 Å². The van der Waals surface area contributed by atoms with Crippen molar-refractivity contribution in [2.24, 2.45) is 0 Å². The minimum atomic E-state index is -1.03. The molecule has 0 spiro atoms. The molecule has 120 valence electrons. The van der Waals surface area contributed by atoms with E-state index in [1.807, 2.05) is 6.07 Å². The van der Waals surface area contributed by atoms with Crippen molar-refractivity contribution in [1.29, 1.82) is 0 Å². The molecule has 0 saturated heterocycles. The number of benzene rings is 1. The van der Waals surface area contributed by atoms with Gasteiger partial charge in [-0.2, -0.15) is 0 Å². The molecule has 22 heavy (non-hydrogen) atoms. The van der Waals surface area contributed by atoms with E-state index in [1.54, 1.807) is 26.0 Å². The Hall–Kier alpha value is -2.24. The standard InChI is InChI=1S/C16H21NO5/c1-10(14(18)19)17(4)15(20)16(2,3)11-5-6-12-13(9-11)22-8-7-21-12/h5-6,9-10H,7-8H2,1-4H3,(H,18,19). The van der Waals surface area contributed by atoms with Crippen LogP contribution >= 0.6 is 0 Å². The van der Waals surface area contributed by atoms with Crippen LogP contribution in [0.5, 0.6) is 11.5 Å². The summed E-state index contributed by atoms with van der Waals surface area (Å²) in [5, 5.41) is 9.07. The molecule has 1 atom stereocenters. The Morgan fingerprint density at radius 2 is 1.82 bits per heavy atom. The summed E-state index contributed by atoms with van der Waals surface area (Å²) in [5.74, 6) is -0.0306. The molecule has 1 aliphatic rings. The fraction of sp³-hybridized carbons (Fsp3) is 0.500. The van der Waals surface area contributed by atoms with Gasteiger partial charge in [-0.15, -0.1) is 0 Å². The number of amides is 1. The second kappa shape index (κ2) is 5.87. The molecule has 6 heteroatoms. The number of carbonyl (C=O) groups is 2. The van der Waals surface area contributed by atoms with Gasteiger partial charge in [-0.3, -0.25) is 4.79 Å². The highest BCUT2D eigenvalue weighted by Crippen LogP contribution is 2.36. The molecule has 1 aromatic rings. The number of hydrogen-bond acceptors (Lipinski definition) is 4. The lowest BCUT2D eigenvalue weighted by Crippen LogP contribution is -2.48. The minimum absolute atomic E-state index is 0.265. The number of aliphatic carboxylic acids is 1. The lowest BCUT2D eigenvalue weighted by atomic mass is 9.82. The Labute approximate surface area is 129 Å². The number of nitrogens with zero attached hydrogens (tertiary/aromatic N) is 1. The summed E-state index contributed by atoms with van der Waals surface area (Å²) in [5.41, 5.74) is -0.111. The summed E-state index contributed by atoms with van der Waals surface area (Å²) >= 11 is 0.